The number of nitrogens with zero attached hydrogens (tertiary/aromatic N) is 1. The quantitative estimate of drug-likeness (QED) is 0.811. The Balaban J connectivity index is 2.43. The Morgan fingerprint density at radius 2 is 2.26 bits per heavy atom. The molecule has 2 amide bonds. The maximum atomic E-state index is 13.2. The molecule has 106 valence electrons. The molecule has 2 N–H and O–H groups in total. The number of methoxy groups -OCH3 is 1. The lowest BCUT2D eigenvalue weighted by Gasteiger charge is -2.16. The normalized spacial score (nSPS) is 10.1. The van der Waals surface area contributed by atoms with Gasteiger partial charge < -0.3 is 20.1 Å². The van der Waals surface area contributed by atoms with E-state index >= 15 is 0 Å². The highest BCUT2D eigenvalue weighted by Crippen LogP contribution is 2.18. The maximum absolute atomic E-state index is 13.2. The molecule has 6 heteroatoms. The van der Waals surface area contributed by atoms with Gasteiger partial charge in [-0.15, -0.1) is 0 Å². The molecule has 0 atom stereocenters. The third-order valence-electron chi connectivity index (χ3n) is 2.69. The molecule has 1 aromatic carbocycles. The van der Waals surface area contributed by atoms with Crippen LogP contribution in [0.4, 0.5) is 9.18 Å². The van der Waals surface area contributed by atoms with Gasteiger partial charge in [-0.25, -0.2) is 9.18 Å². The van der Waals surface area contributed by atoms with E-state index in [0.717, 1.165) is 5.56 Å². The number of ether oxygens (including phenoxy) is 1. The zero-order valence-electron chi connectivity index (χ0n) is 11.1. The number of aliphatic hydroxyl groups is 1. The van der Waals surface area contributed by atoms with E-state index in [2.05, 4.69) is 5.32 Å². The Hall–Kier alpha value is -1.82. The van der Waals surface area contributed by atoms with Gasteiger partial charge in [0, 0.05) is 20.1 Å². The van der Waals surface area contributed by atoms with E-state index in [1.165, 1.54) is 18.1 Å². The molecular formula is C13H19FN2O3. The number of likely N-dealkylation sites (N-methyl/N-ethyl adjacent to an activating group) is 1. The fraction of sp³-hybridized carbons (Fsp3) is 0.462. The van der Waals surface area contributed by atoms with Crippen molar-refractivity contribution in [2.75, 3.05) is 33.9 Å². The zero-order chi connectivity index (χ0) is 14.3. The summed E-state index contributed by atoms with van der Waals surface area (Å²) in [5, 5.41) is 11.4. The Kier molecular flexibility index (Phi) is 6.08. The number of carbonyl (C=O) groups is 1. The van der Waals surface area contributed by atoms with E-state index in [-0.39, 0.29) is 24.9 Å². The van der Waals surface area contributed by atoms with E-state index in [1.54, 1.807) is 19.2 Å². The minimum absolute atomic E-state index is 0.0704. The van der Waals surface area contributed by atoms with Crippen molar-refractivity contribution in [2.45, 2.75) is 6.42 Å². The standard InChI is InChI=1S/C13H19FN2O3/c1-16(7-8-17)13(18)15-6-5-10-3-4-11(14)12(9-10)19-2/h3-4,9,17H,5-8H2,1-2H3,(H,15,18). The first kappa shape index (κ1) is 15.2. The van der Waals surface area contributed by atoms with Crippen LogP contribution in [0.1, 0.15) is 5.56 Å². The van der Waals surface area contributed by atoms with Crippen LogP contribution in [-0.4, -0.2) is 49.9 Å². The van der Waals surface area contributed by atoms with Crippen molar-refractivity contribution in [1.29, 1.82) is 0 Å². The van der Waals surface area contributed by atoms with Gasteiger partial charge in [-0.05, 0) is 24.1 Å². The number of urea groups is 1. The minimum atomic E-state index is -0.405. The first-order valence-electron chi connectivity index (χ1n) is 6.00. The van der Waals surface area contributed by atoms with Crippen LogP contribution in [0, 0.1) is 5.82 Å². The lowest BCUT2D eigenvalue weighted by molar-refractivity contribution is 0.190. The van der Waals surface area contributed by atoms with Crippen molar-refractivity contribution < 1.29 is 19.0 Å². The van der Waals surface area contributed by atoms with E-state index < -0.39 is 5.82 Å². The van der Waals surface area contributed by atoms with Crippen LogP contribution in [0.15, 0.2) is 18.2 Å². The summed E-state index contributed by atoms with van der Waals surface area (Å²) in [6.45, 7) is 0.651. The fourth-order valence-electron chi connectivity index (χ4n) is 1.56. The number of aliphatic hydroxyl groups excluding tert-OH is 1. The summed E-state index contributed by atoms with van der Waals surface area (Å²) in [5.74, 6) is -0.209. The Morgan fingerprint density at radius 1 is 1.53 bits per heavy atom. The van der Waals surface area contributed by atoms with Gasteiger partial charge in [-0.2, -0.15) is 0 Å². The highest BCUT2D eigenvalue weighted by atomic mass is 19.1. The predicted molar refractivity (Wildman–Crippen MR) is 69.8 cm³/mol. The van der Waals surface area contributed by atoms with Crippen LogP contribution in [0.3, 0.4) is 0 Å². The van der Waals surface area contributed by atoms with Gasteiger partial charge in [0.15, 0.2) is 11.6 Å². The van der Waals surface area contributed by atoms with Gasteiger partial charge in [0.1, 0.15) is 0 Å². The number of nitrogens with one attached hydrogen (secondary N) is 1. The number of benzene rings is 1. The van der Waals surface area contributed by atoms with Gasteiger partial charge in [0.05, 0.1) is 13.7 Å². The van der Waals surface area contributed by atoms with Crippen LogP contribution < -0.4 is 10.1 Å². The predicted octanol–water partition coefficient (Wildman–Crippen LogP) is 1.01. The highest BCUT2D eigenvalue weighted by molar-refractivity contribution is 5.73. The zero-order valence-corrected chi connectivity index (χ0v) is 11.1. The van der Waals surface area contributed by atoms with Crippen molar-refractivity contribution >= 4 is 6.03 Å². The molecule has 0 saturated heterocycles. The number of hydrogen-bond donors (Lipinski definition) is 2. The van der Waals surface area contributed by atoms with E-state index in [0.29, 0.717) is 13.0 Å². The van der Waals surface area contributed by atoms with Crippen molar-refractivity contribution in [2.24, 2.45) is 0 Å². The monoisotopic (exact) mass is 270 g/mol. The Labute approximate surface area is 112 Å². The van der Waals surface area contributed by atoms with E-state index in [1.807, 2.05) is 0 Å². The van der Waals surface area contributed by atoms with Crippen molar-refractivity contribution in [3.8, 4) is 5.75 Å². The first-order valence-corrected chi connectivity index (χ1v) is 6.00. The average Bonchev–Trinajstić information content (AvgIpc) is 2.40. The summed E-state index contributed by atoms with van der Waals surface area (Å²) < 4.78 is 18.1. The molecule has 0 saturated carbocycles. The molecule has 1 aromatic rings. The summed E-state index contributed by atoms with van der Waals surface area (Å²) in [4.78, 5) is 12.9. The lowest BCUT2D eigenvalue weighted by atomic mass is 10.1. The molecule has 19 heavy (non-hydrogen) atoms. The topological polar surface area (TPSA) is 61.8 Å². The molecular weight excluding hydrogens is 251 g/mol. The van der Waals surface area contributed by atoms with Crippen LogP contribution >= 0.6 is 0 Å². The molecule has 0 unspecified atom stereocenters. The number of amides is 2. The molecule has 0 heterocycles. The van der Waals surface area contributed by atoms with Crippen LogP contribution in [0.5, 0.6) is 5.75 Å². The summed E-state index contributed by atoms with van der Waals surface area (Å²) in [5.41, 5.74) is 0.878. The molecule has 0 fully saturated rings. The van der Waals surface area contributed by atoms with Crippen LogP contribution in [0.2, 0.25) is 0 Å². The Morgan fingerprint density at radius 3 is 2.89 bits per heavy atom. The van der Waals surface area contributed by atoms with Gasteiger partial charge in [0.25, 0.3) is 0 Å². The third-order valence-corrected chi connectivity index (χ3v) is 2.69. The summed E-state index contributed by atoms with van der Waals surface area (Å²) in [6, 6.07) is 4.36. The fourth-order valence-corrected chi connectivity index (χ4v) is 1.56. The second-order valence-corrected chi connectivity index (χ2v) is 4.10. The highest BCUT2D eigenvalue weighted by Gasteiger charge is 2.07. The molecule has 0 bridgehead atoms. The second kappa shape index (κ2) is 7.58. The van der Waals surface area contributed by atoms with Gasteiger partial charge in [-0.1, -0.05) is 6.07 Å². The number of rotatable bonds is 6. The minimum Gasteiger partial charge on any atom is -0.494 e. The SMILES string of the molecule is COc1cc(CCNC(=O)N(C)CCO)ccc1F. The van der Waals surface area contributed by atoms with Gasteiger partial charge in [0.2, 0.25) is 0 Å². The van der Waals surface area contributed by atoms with Gasteiger partial charge >= 0.3 is 6.03 Å². The molecule has 1 rings (SSSR count). The summed E-state index contributed by atoms with van der Waals surface area (Å²) in [6.07, 6.45) is 0.579. The second-order valence-electron chi connectivity index (χ2n) is 4.10. The number of hydrogen-bond acceptors (Lipinski definition) is 3. The molecule has 0 aliphatic heterocycles. The smallest absolute Gasteiger partial charge is 0.317 e. The Bertz CT molecular complexity index is 426. The van der Waals surface area contributed by atoms with Crippen LogP contribution in [0.25, 0.3) is 0 Å². The van der Waals surface area contributed by atoms with Crippen molar-refractivity contribution in [1.82, 2.24) is 10.2 Å². The molecule has 0 aliphatic carbocycles. The number of halogens is 1. The molecule has 0 spiro atoms. The molecule has 0 radical (unpaired) electrons. The maximum Gasteiger partial charge on any atom is 0.317 e. The summed E-state index contributed by atoms with van der Waals surface area (Å²) in [7, 11) is 3.01. The largest absolute Gasteiger partial charge is 0.494 e. The van der Waals surface area contributed by atoms with E-state index in [4.69, 9.17) is 9.84 Å². The molecule has 0 aromatic heterocycles. The lowest BCUT2D eigenvalue weighted by Crippen LogP contribution is -2.39. The third kappa shape index (κ3) is 4.75. The number of carbonyl (C=O) groups excluding carboxylic acids is 1. The van der Waals surface area contributed by atoms with Gasteiger partial charge in [-0.3, -0.25) is 0 Å². The molecule has 0 aliphatic rings. The van der Waals surface area contributed by atoms with Crippen molar-refractivity contribution in [3.63, 3.8) is 0 Å². The first-order chi connectivity index (χ1) is 9.08. The van der Waals surface area contributed by atoms with Crippen LogP contribution in [-0.2, 0) is 6.42 Å². The summed E-state index contributed by atoms with van der Waals surface area (Å²) >= 11 is 0. The van der Waals surface area contributed by atoms with Crippen molar-refractivity contribution in [3.05, 3.63) is 29.6 Å². The average molecular weight is 270 g/mol. The molecule has 5 nitrogen and oxygen atoms in total. The van der Waals surface area contributed by atoms with E-state index in [9.17, 15) is 9.18 Å².